The van der Waals surface area contributed by atoms with Gasteiger partial charge in [0, 0.05) is 12.7 Å². The van der Waals surface area contributed by atoms with Crippen LogP contribution in [0.3, 0.4) is 0 Å². The van der Waals surface area contributed by atoms with Crippen molar-refractivity contribution in [3.05, 3.63) is 24.0 Å². The number of nitrogens with one attached hydrogen (secondary N) is 1. The molecule has 6 nitrogen and oxygen atoms in total. The number of hydrogen-bond donors (Lipinski definition) is 1. The molecular weight excluding hydrogens is 230 g/mol. The highest BCUT2D eigenvalue weighted by Gasteiger charge is 2.36. The zero-order valence-corrected chi connectivity index (χ0v) is 10.5. The minimum atomic E-state index is -0.0622. The zero-order valence-electron chi connectivity index (χ0n) is 10.5. The highest BCUT2D eigenvalue weighted by Crippen LogP contribution is 2.29. The SMILES string of the molecule is Cc1nccc(-c2noc(C3(C)CCNC3)n2)n1. The van der Waals surface area contributed by atoms with Gasteiger partial charge in [-0.1, -0.05) is 5.16 Å². The molecule has 2 aromatic heterocycles. The Kier molecular flexibility index (Phi) is 2.59. The van der Waals surface area contributed by atoms with E-state index in [1.807, 2.05) is 6.92 Å². The predicted octanol–water partition coefficient (Wildman–Crippen LogP) is 1.09. The van der Waals surface area contributed by atoms with Gasteiger partial charge in [0.25, 0.3) is 0 Å². The van der Waals surface area contributed by atoms with E-state index in [2.05, 4.69) is 32.3 Å². The monoisotopic (exact) mass is 245 g/mol. The second-order valence-corrected chi connectivity index (χ2v) is 4.90. The Labute approximate surface area is 105 Å². The van der Waals surface area contributed by atoms with Crippen LogP contribution in [0.15, 0.2) is 16.8 Å². The summed E-state index contributed by atoms with van der Waals surface area (Å²) in [7, 11) is 0. The maximum Gasteiger partial charge on any atom is 0.234 e. The Balaban J connectivity index is 1.94. The molecule has 1 atom stereocenters. The molecule has 1 unspecified atom stereocenters. The Bertz CT molecular complexity index is 559. The van der Waals surface area contributed by atoms with Crippen LogP contribution >= 0.6 is 0 Å². The number of rotatable bonds is 2. The number of hydrogen-bond acceptors (Lipinski definition) is 6. The van der Waals surface area contributed by atoms with Crippen molar-refractivity contribution < 1.29 is 4.52 Å². The van der Waals surface area contributed by atoms with Crippen LogP contribution in [0.2, 0.25) is 0 Å². The van der Waals surface area contributed by atoms with Gasteiger partial charge in [0.05, 0.1) is 5.41 Å². The quantitative estimate of drug-likeness (QED) is 0.853. The maximum absolute atomic E-state index is 5.38. The molecule has 0 aliphatic carbocycles. The zero-order chi connectivity index (χ0) is 12.6. The fourth-order valence-electron chi connectivity index (χ4n) is 2.15. The molecule has 1 saturated heterocycles. The lowest BCUT2D eigenvalue weighted by Crippen LogP contribution is -2.25. The third-order valence-electron chi connectivity index (χ3n) is 3.32. The summed E-state index contributed by atoms with van der Waals surface area (Å²) in [6.07, 6.45) is 2.71. The van der Waals surface area contributed by atoms with Crippen LogP contribution in [0, 0.1) is 6.92 Å². The largest absolute Gasteiger partial charge is 0.338 e. The van der Waals surface area contributed by atoms with E-state index in [1.165, 1.54) is 0 Å². The van der Waals surface area contributed by atoms with Crippen molar-refractivity contribution in [1.82, 2.24) is 25.4 Å². The molecule has 0 radical (unpaired) electrons. The summed E-state index contributed by atoms with van der Waals surface area (Å²) in [5.41, 5.74) is 0.639. The molecule has 94 valence electrons. The van der Waals surface area contributed by atoms with E-state index >= 15 is 0 Å². The van der Waals surface area contributed by atoms with Crippen molar-refractivity contribution in [2.24, 2.45) is 0 Å². The molecule has 1 aliphatic heterocycles. The molecular formula is C12H15N5O. The Morgan fingerprint density at radius 2 is 2.28 bits per heavy atom. The normalized spacial score (nSPS) is 23.4. The van der Waals surface area contributed by atoms with Gasteiger partial charge in [-0.05, 0) is 32.9 Å². The van der Waals surface area contributed by atoms with Crippen LogP contribution < -0.4 is 5.32 Å². The summed E-state index contributed by atoms with van der Waals surface area (Å²) < 4.78 is 5.38. The summed E-state index contributed by atoms with van der Waals surface area (Å²) >= 11 is 0. The molecule has 1 aliphatic rings. The Hall–Kier alpha value is -1.82. The van der Waals surface area contributed by atoms with Crippen LogP contribution in [-0.4, -0.2) is 33.2 Å². The fourth-order valence-corrected chi connectivity index (χ4v) is 2.15. The first-order chi connectivity index (χ1) is 8.67. The Morgan fingerprint density at radius 3 is 3.00 bits per heavy atom. The van der Waals surface area contributed by atoms with Crippen LogP contribution in [0.1, 0.15) is 25.1 Å². The fraction of sp³-hybridized carbons (Fsp3) is 0.500. The summed E-state index contributed by atoms with van der Waals surface area (Å²) in [6.45, 7) is 5.83. The van der Waals surface area contributed by atoms with Crippen molar-refractivity contribution >= 4 is 0 Å². The molecule has 0 spiro atoms. The molecule has 3 rings (SSSR count). The molecule has 1 fully saturated rings. The second kappa shape index (κ2) is 4.13. The third-order valence-corrected chi connectivity index (χ3v) is 3.32. The van der Waals surface area contributed by atoms with E-state index in [9.17, 15) is 0 Å². The van der Waals surface area contributed by atoms with Gasteiger partial charge in [-0.25, -0.2) is 9.97 Å². The summed E-state index contributed by atoms with van der Waals surface area (Å²) in [5, 5.41) is 7.33. The molecule has 2 aromatic rings. The number of nitrogens with zero attached hydrogens (tertiary/aromatic N) is 4. The predicted molar refractivity (Wildman–Crippen MR) is 64.9 cm³/mol. The van der Waals surface area contributed by atoms with Crippen molar-refractivity contribution in [3.8, 4) is 11.5 Å². The van der Waals surface area contributed by atoms with Gasteiger partial charge in [0.1, 0.15) is 11.5 Å². The van der Waals surface area contributed by atoms with Crippen LogP contribution in [0.25, 0.3) is 11.5 Å². The van der Waals surface area contributed by atoms with Gasteiger partial charge in [-0.3, -0.25) is 0 Å². The third kappa shape index (κ3) is 1.88. The van der Waals surface area contributed by atoms with Gasteiger partial charge < -0.3 is 9.84 Å². The van der Waals surface area contributed by atoms with Gasteiger partial charge in [0.15, 0.2) is 0 Å². The summed E-state index contributed by atoms with van der Waals surface area (Å²) in [4.78, 5) is 12.8. The van der Waals surface area contributed by atoms with Gasteiger partial charge >= 0.3 is 0 Å². The van der Waals surface area contributed by atoms with Crippen LogP contribution in [-0.2, 0) is 5.41 Å². The average Bonchev–Trinajstić information content (AvgIpc) is 2.98. The summed E-state index contributed by atoms with van der Waals surface area (Å²) in [5.74, 6) is 1.91. The molecule has 0 saturated carbocycles. The molecule has 0 aromatic carbocycles. The minimum absolute atomic E-state index is 0.0622. The van der Waals surface area contributed by atoms with Crippen LogP contribution in [0.4, 0.5) is 0 Å². The first-order valence-corrected chi connectivity index (χ1v) is 6.02. The van der Waals surface area contributed by atoms with E-state index in [0.717, 1.165) is 19.5 Å². The highest BCUT2D eigenvalue weighted by atomic mass is 16.5. The van der Waals surface area contributed by atoms with Crippen molar-refractivity contribution in [2.45, 2.75) is 25.7 Å². The number of aryl methyl sites for hydroxylation is 1. The molecule has 18 heavy (non-hydrogen) atoms. The lowest BCUT2D eigenvalue weighted by atomic mass is 9.90. The molecule has 3 heterocycles. The topological polar surface area (TPSA) is 76.7 Å². The minimum Gasteiger partial charge on any atom is -0.338 e. The van der Waals surface area contributed by atoms with E-state index in [4.69, 9.17) is 4.52 Å². The van der Waals surface area contributed by atoms with Crippen LogP contribution in [0.5, 0.6) is 0 Å². The van der Waals surface area contributed by atoms with E-state index in [-0.39, 0.29) is 5.41 Å². The van der Waals surface area contributed by atoms with E-state index in [0.29, 0.717) is 23.2 Å². The summed E-state index contributed by atoms with van der Waals surface area (Å²) in [6, 6.07) is 1.79. The van der Waals surface area contributed by atoms with Gasteiger partial charge in [0.2, 0.25) is 11.7 Å². The van der Waals surface area contributed by atoms with Crippen molar-refractivity contribution in [2.75, 3.05) is 13.1 Å². The van der Waals surface area contributed by atoms with E-state index in [1.54, 1.807) is 12.3 Å². The number of aromatic nitrogens is 4. The van der Waals surface area contributed by atoms with Gasteiger partial charge in [-0.15, -0.1) is 0 Å². The molecule has 0 amide bonds. The smallest absolute Gasteiger partial charge is 0.234 e. The Morgan fingerprint density at radius 1 is 1.39 bits per heavy atom. The maximum atomic E-state index is 5.38. The van der Waals surface area contributed by atoms with E-state index < -0.39 is 0 Å². The first-order valence-electron chi connectivity index (χ1n) is 6.02. The second-order valence-electron chi connectivity index (χ2n) is 4.90. The average molecular weight is 245 g/mol. The molecule has 6 heteroatoms. The highest BCUT2D eigenvalue weighted by molar-refractivity contribution is 5.47. The molecule has 0 bridgehead atoms. The lowest BCUT2D eigenvalue weighted by Gasteiger charge is -2.15. The standard InChI is InChI=1S/C12H15N5O/c1-8-14-5-3-9(15-8)10-16-11(18-17-10)12(2)4-6-13-7-12/h3,5,13H,4,6-7H2,1-2H3. The van der Waals surface area contributed by atoms with Crippen molar-refractivity contribution in [1.29, 1.82) is 0 Å². The van der Waals surface area contributed by atoms with Gasteiger partial charge in [-0.2, -0.15) is 4.98 Å². The molecule has 1 N–H and O–H groups in total. The lowest BCUT2D eigenvalue weighted by molar-refractivity contribution is 0.306. The van der Waals surface area contributed by atoms with Crippen molar-refractivity contribution in [3.63, 3.8) is 0 Å². The first kappa shape index (κ1) is 11.3.